The number of ether oxygens (including phenoxy) is 4. The van der Waals surface area contributed by atoms with Crippen LogP contribution in [0.4, 0.5) is 13.2 Å². The number of alkyl halides is 3. The SMILES string of the molecule is Cc1cc(C(=O)N2CC[C@]3(C4CSC=N4)OCOC3C2)ccc1OCCOC(F)(F)F. The lowest BCUT2D eigenvalue weighted by Gasteiger charge is -2.43. The molecule has 3 heterocycles. The van der Waals surface area contributed by atoms with Crippen LogP contribution in [-0.2, 0) is 14.2 Å². The first kappa shape index (κ1) is 22.4. The first-order valence-electron chi connectivity index (χ1n) is 9.91. The smallest absolute Gasteiger partial charge is 0.491 e. The zero-order valence-corrected chi connectivity index (χ0v) is 17.7. The monoisotopic (exact) mass is 460 g/mol. The predicted octanol–water partition coefficient (Wildman–Crippen LogP) is 3.01. The van der Waals surface area contributed by atoms with E-state index < -0.39 is 18.6 Å². The normalized spacial score (nSPS) is 28.1. The molecule has 0 N–H and O–H groups in total. The zero-order valence-electron chi connectivity index (χ0n) is 16.9. The lowest BCUT2D eigenvalue weighted by atomic mass is 9.82. The van der Waals surface area contributed by atoms with Crippen LogP contribution in [0.2, 0.25) is 0 Å². The van der Waals surface area contributed by atoms with Crippen molar-refractivity contribution >= 4 is 23.2 Å². The highest BCUT2D eigenvalue weighted by atomic mass is 32.2. The fourth-order valence-corrected chi connectivity index (χ4v) is 5.03. The topological polar surface area (TPSA) is 69.6 Å². The van der Waals surface area contributed by atoms with Gasteiger partial charge in [-0.25, -0.2) is 0 Å². The number of likely N-dealkylation sites (tertiary alicyclic amines) is 1. The fraction of sp³-hybridized carbons (Fsp3) is 0.600. The summed E-state index contributed by atoms with van der Waals surface area (Å²) >= 11 is 1.65. The van der Waals surface area contributed by atoms with Crippen LogP contribution in [0.15, 0.2) is 23.2 Å². The van der Waals surface area contributed by atoms with Crippen LogP contribution < -0.4 is 4.74 Å². The van der Waals surface area contributed by atoms with Crippen molar-refractivity contribution < 1.29 is 36.9 Å². The summed E-state index contributed by atoms with van der Waals surface area (Å²) in [6.07, 6.45) is -4.27. The average molecular weight is 460 g/mol. The number of hydrogen-bond acceptors (Lipinski definition) is 7. The lowest BCUT2D eigenvalue weighted by molar-refractivity contribution is -0.325. The van der Waals surface area contributed by atoms with E-state index in [2.05, 4.69) is 9.73 Å². The molecule has 3 atom stereocenters. The van der Waals surface area contributed by atoms with Gasteiger partial charge in [-0.2, -0.15) is 0 Å². The van der Waals surface area contributed by atoms with Crippen LogP contribution in [0.5, 0.6) is 5.75 Å². The number of hydrogen-bond donors (Lipinski definition) is 0. The number of rotatable bonds is 6. The highest BCUT2D eigenvalue weighted by molar-refractivity contribution is 8.12. The second-order valence-electron chi connectivity index (χ2n) is 7.60. The molecular formula is C20H23F3N2O5S. The Morgan fingerprint density at radius 2 is 2.23 bits per heavy atom. The van der Waals surface area contributed by atoms with Crippen LogP contribution in [0.1, 0.15) is 22.3 Å². The largest absolute Gasteiger partial charge is 0.522 e. The Morgan fingerprint density at radius 3 is 2.94 bits per heavy atom. The van der Waals surface area contributed by atoms with Crippen LogP contribution in [0.25, 0.3) is 0 Å². The summed E-state index contributed by atoms with van der Waals surface area (Å²) in [5.74, 6) is 1.12. The number of halogens is 3. The minimum absolute atomic E-state index is 0.0299. The molecule has 2 saturated heterocycles. The Balaban J connectivity index is 1.36. The Kier molecular flexibility index (Phi) is 6.47. The number of fused-ring (bicyclic) bond motifs is 1. The van der Waals surface area contributed by atoms with E-state index in [9.17, 15) is 18.0 Å². The molecule has 0 bridgehead atoms. The van der Waals surface area contributed by atoms with Crippen molar-refractivity contribution in [1.82, 2.24) is 4.90 Å². The highest BCUT2D eigenvalue weighted by Gasteiger charge is 2.55. The zero-order chi connectivity index (χ0) is 22.1. The molecule has 0 saturated carbocycles. The van der Waals surface area contributed by atoms with Gasteiger partial charge in [-0.3, -0.25) is 14.5 Å². The van der Waals surface area contributed by atoms with E-state index >= 15 is 0 Å². The van der Waals surface area contributed by atoms with Crippen molar-refractivity contribution in [3.8, 4) is 5.75 Å². The Hall–Kier alpha value is -1.82. The van der Waals surface area contributed by atoms with Crippen LogP contribution in [0.3, 0.4) is 0 Å². The summed E-state index contributed by atoms with van der Waals surface area (Å²) in [7, 11) is 0. The van der Waals surface area contributed by atoms with Crippen molar-refractivity contribution in [2.24, 2.45) is 4.99 Å². The van der Waals surface area contributed by atoms with Gasteiger partial charge in [-0.1, -0.05) is 0 Å². The number of aryl methyl sites for hydroxylation is 1. The Bertz CT molecular complexity index is 853. The summed E-state index contributed by atoms with van der Waals surface area (Å²) in [5.41, 5.74) is 2.50. The minimum Gasteiger partial charge on any atom is -0.491 e. The molecular weight excluding hydrogens is 437 g/mol. The van der Waals surface area contributed by atoms with E-state index in [1.807, 2.05) is 5.55 Å². The molecule has 4 rings (SSSR count). The van der Waals surface area contributed by atoms with Crippen LogP contribution >= 0.6 is 11.8 Å². The van der Waals surface area contributed by atoms with Gasteiger partial charge in [0.25, 0.3) is 5.91 Å². The van der Waals surface area contributed by atoms with Crippen molar-refractivity contribution in [1.29, 1.82) is 0 Å². The molecule has 0 aliphatic carbocycles. The summed E-state index contributed by atoms with van der Waals surface area (Å²) in [5, 5.41) is 0. The number of carbonyl (C=O) groups excluding carboxylic acids is 1. The Labute approximate surface area is 181 Å². The number of aliphatic imine (C=N–C) groups is 1. The molecule has 2 unspecified atom stereocenters. The molecule has 7 nitrogen and oxygen atoms in total. The van der Waals surface area contributed by atoms with E-state index in [4.69, 9.17) is 14.2 Å². The summed E-state index contributed by atoms with van der Waals surface area (Å²) in [6.45, 7) is 2.03. The summed E-state index contributed by atoms with van der Waals surface area (Å²) in [6, 6.07) is 4.90. The van der Waals surface area contributed by atoms with E-state index in [1.54, 1.807) is 41.8 Å². The van der Waals surface area contributed by atoms with Gasteiger partial charge in [0.05, 0.1) is 24.7 Å². The second-order valence-corrected chi connectivity index (χ2v) is 8.48. The van der Waals surface area contributed by atoms with E-state index in [-0.39, 0.29) is 31.5 Å². The predicted molar refractivity (Wildman–Crippen MR) is 107 cm³/mol. The van der Waals surface area contributed by atoms with Gasteiger partial charge in [0.1, 0.15) is 30.9 Å². The third-order valence-corrected chi connectivity index (χ3v) is 6.53. The number of benzene rings is 1. The molecule has 0 radical (unpaired) electrons. The molecule has 1 aromatic rings. The van der Waals surface area contributed by atoms with E-state index in [0.717, 1.165) is 5.75 Å². The van der Waals surface area contributed by atoms with E-state index in [1.165, 1.54) is 0 Å². The minimum atomic E-state index is -4.68. The molecule has 3 aliphatic heterocycles. The van der Waals surface area contributed by atoms with Gasteiger partial charge in [-0.05, 0) is 37.1 Å². The van der Waals surface area contributed by atoms with Crippen molar-refractivity contribution in [2.45, 2.75) is 37.5 Å². The molecule has 1 amide bonds. The third kappa shape index (κ3) is 4.84. The Morgan fingerprint density at radius 1 is 1.39 bits per heavy atom. The molecule has 31 heavy (non-hydrogen) atoms. The maximum absolute atomic E-state index is 13.1. The standard InChI is InChI=1S/C20H23F3N2O5S/c1-13-8-14(2-3-15(13)27-6-7-29-20(21,22)23)18(26)25-5-4-19(16-10-31-11-24-16)17(9-25)28-12-30-19/h2-3,8,11,16-17H,4-7,9-10,12H2,1H3/t16?,17?,19-/m1/s1. The van der Waals surface area contributed by atoms with Gasteiger partial charge in [-0.15, -0.1) is 24.9 Å². The fourth-order valence-electron chi connectivity index (χ4n) is 4.16. The number of carbonyl (C=O) groups is 1. The number of amides is 1. The highest BCUT2D eigenvalue weighted by Crippen LogP contribution is 2.41. The second kappa shape index (κ2) is 8.97. The van der Waals surface area contributed by atoms with Gasteiger partial charge in [0.15, 0.2) is 0 Å². The molecule has 1 aromatic carbocycles. The summed E-state index contributed by atoms with van der Waals surface area (Å²) < 4.78 is 56.9. The maximum atomic E-state index is 13.1. The molecule has 0 spiro atoms. The first-order chi connectivity index (χ1) is 14.8. The number of piperidine rings is 1. The van der Waals surface area contributed by atoms with Gasteiger partial charge < -0.3 is 19.1 Å². The molecule has 0 aromatic heterocycles. The van der Waals surface area contributed by atoms with Crippen molar-refractivity contribution in [3.05, 3.63) is 29.3 Å². The average Bonchev–Trinajstić information content (AvgIpc) is 3.40. The van der Waals surface area contributed by atoms with E-state index in [0.29, 0.717) is 36.4 Å². The first-order valence-corrected chi connectivity index (χ1v) is 11.0. The quantitative estimate of drug-likeness (QED) is 0.608. The van der Waals surface area contributed by atoms with Gasteiger partial charge in [0.2, 0.25) is 0 Å². The molecule has 3 aliphatic rings. The van der Waals surface area contributed by atoms with Crippen LogP contribution in [0, 0.1) is 6.92 Å². The number of nitrogens with zero attached hydrogens (tertiary/aromatic N) is 2. The molecule has 2 fully saturated rings. The molecule has 11 heteroatoms. The summed E-state index contributed by atoms with van der Waals surface area (Å²) in [4.78, 5) is 19.3. The maximum Gasteiger partial charge on any atom is 0.522 e. The van der Waals surface area contributed by atoms with Crippen LogP contribution in [-0.4, -0.2) is 79.3 Å². The third-order valence-electron chi connectivity index (χ3n) is 5.75. The van der Waals surface area contributed by atoms with Crippen molar-refractivity contribution in [3.63, 3.8) is 0 Å². The van der Waals surface area contributed by atoms with Gasteiger partial charge in [0, 0.05) is 17.9 Å². The molecule has 170 valence electrons. The van der Waals surface area contributed by atoms with Crippen molar-refractivity contribution in [2.75, 3.05) is 38.8 Å². The lowest BCUT2D eigenvalue weighted by Crippen LogP contribution is -2.60. The number of thioether (sulfide) groups is 1. The van der Waals surface area contributed by atoms with Gasteiger partial charge >= 0.3 is 6.36 Å².